The molecule has 3 aromatic rings. The van der Waals surface area contributed by atoms with Crippen LogP contribution in [-0.2, 0) is 0 Å². The molecule has 0 aliphatic carbocycles. The van der Waals surface area contributed by atoms with E-state index in [-0.39, 0.29) is 5.91 Å². The molecule has 0 unspecified atom stereocenters. The van der Waals surface area contributed by atoms with Crippen LogP contribution in [0.5, 0.6) is 0 Å². The SMILES string of the molecule is O=C(Nc1cnc(-c2ccccn2)cn1)c1cccnc1. The topological polar surface area (TPSA) is 80.7 Å². The van der Waals surface area contributed by atoms with E-state index in [0.717, 1.165) is 5.69 Å². The highest BCUT2D eigenvalue weighted by Gasteiger charge is 2.07. The summed E-state index contributed by atoms with van der Waals surface area (Å²) < 4.78 is 0. The molecule has 102 valence electrons. The third kappa shape index (κ3) is 3.06. The van der Waals surface area contributed by atoms with Crippen LogP contribution < -0.4 is 5.32 Å². The number of amides is 1. The van der Waals surface area contributed by atoms with Crippen LogP contribution in [0.2, 0.25) is 0 Å². The van der Waals surface area contributed by atoms with Crippen molar-refractivity contribution in [2.45, 2.75) is 0 Å². The minimum absolute atomic E-state index is 0.275. The van der Waals surface area contributed by atoms with Gasteiger partial charge in [0.2, 0.25) is 0 Å². The molecule has 0 radical (unpaired) electrons. The first-order chi connectivity index (χ1) is 10.3. The van der Waals surface area contributed by atoms with Crippen LogP contribution in [0.4, 0.5) is 5.82 Å². The van der Waals surface area contributed by atoms with Gasteiger partial charge in [-0.3, -0.25) is 14.8 Å². The lowest BCUT2D eigenvalue weighted by atomic mass is 10.2. The van der Waals surface area contributed by atoms with Crippen molar-refractivity contribution < 1.29 is 4.79 Å². The molecule has 0 saturated carbocycles. The number of rotatable bonds is 3. The van der Waals surface area contributed by atoms with Gasteiger partial charge < -0.3 is 5.32 Å². The summed E-state index contributed by atoms with van der Waals surface area (Å²) in [6.07, 6.45) is 7.86. The molecule has 0 fully saturated rings. The first-order valence-corrected chi connectivity index (χ1v) is 6.28. The molecule has 0 spiro atoms. The van der Waals surface area contributed by atoms with Crippen LogP contribution in [0.25, 0.3) is 11.4 Å². The zero-order chi connectivity index (χ0) is 14.5. The van der Waals surface area contributed by atoms with Gasteiger partial charge in [0.05, 0.1) is 23.7 Å². The predicted molar refractivity (Wildman–Crippen MR) is 77.5 cm³/mol. The van der Waals surface area contributed by atoms with Crippen molar-refractivity contribution >= 4 is 11.7 Å². The van der Waals surface area contributed by atoms with E-state index in [4.69, 9.17) is 0 Å². The number of aromatic nitrogens is 4. The Labute approximate surface area is 121 Å². The number of nitrogens with zero attached hydrogens (tertiary/aromatic N) is 4. The number of hydrogen-bond acceptors (Lipinski definition) is 5. The Morgan fingerprint density at radius 3 is 2.48 bits per heavy atom. The summed E-state index contributed by atoms with van der Waals surface area (Å²) in [6, 6.07) is 8.93. The van der Waals surface area contributed by atoms with Crippen molar-refractivity contribution in [1.82, 2.24) is 19.9 Å². The van der Waals surface area contributed by atoms with Gasteiger partial charge in [-0.2, -0.15) is 0 Å². The first-order valence-electron chi connectivity index (χ1n) is 6.28. The molecule has 3 heterocycles. The van der Waals surface area contributed by atoms with Crippen molar-refractivity contribution in [2.24, 2.45) is 0 Å². The van der Waals surface area contributed by atoms with Crippen LogP contribution >= 0.6 is 0 Å². The molecule has 0 saturated heterocycles. The normalized spacial score (nSPS) is 10.1. The van der Waals surface area contributed by atoms with Crippen LogP contribution in [0.3, 0.4) is 0 Å². The smallest absolute Gasteiger partial charge is 0.258 e. The maximum atomic E-state index is 11.9. The molecular weight excluding hydrogens is 266 g/mol. The van der Waals surface area contributed by atoms with E-state index >= 15 is 0 Å². The highest BCUT2D eigenvalue weighted by atomic mass is 16.1. The van der Waals surface area contributed by atoms with Gasteiger partial charge in [0, 0.05) is 18.6 Å². The zero-order valence-electron chi connectivity index (χ0n) is 11.0. The van der Waals surface area contributed by atoms with E-state index in [9.17, 15) is 4.79 Å². The Morgan fingerprint density at radius 2 is 1.81 bits per heavy atom. The van der Waals surface area contributed by atoms with E-state index in [1.165, 1.54) is 12.4 Å². The fourth-order valence-corrected chi connectivity index (χ4v) is 1.72. The number of carbonyl (C=O) groups excluding carboxylic acids is 1. The molecule has 3 rings (SSSR count). The van der Waals surface area contributed by atoms with Crippen molar-refractivity contribution in [2.75, 3.05) is 5.32 Å². The lowest BCUT2D eigenvalue weighted by molar-refractivity contribution is 0.102. The maximum Gasteiger partial charge on any atom is 0.258 e. The largest absolute Gasteiger partial charge is 0.305 e. The maximum absolute atomic E-state index is 11.9. The quantitative estimate of drug-likeness (QED) is 0.793. The molecule has 21 heavy (non-hydrogen) atoms. The van der Waals surface area contributed by atoms with E-state index in [0.29, 0.717) is 17.1 Å². The van der Waals surface area contributed by atoms with Gasteiger partial charge in [-0.25, -0.2) is 9.97 Å². The van der Waals surface area contributed by atoms with E-state index in [2.05, 4.69) is 25.3 Å². The molecule has 0 aliphatic rings. The monoisotopic (exact) mass is 277 g/mol. The summed E-state index contributed by atoms with van der Waals surface area (Å²) in [5, 5.41) is 2.66. The fourth-order valence-electron chi connectivity index (χ4n) is 1.72. The highest BCUT2D eigenvalue weighted by molar-refractivity contribution is 6.03. The first kappa shape index (κ1) is 12.9. The predicted octanol–water partition coefficient (Wildman–Crippen LogP) is 2.19. The van der Waals surface area contributed by atoms with Crippen molar-refractivity contribution in [1.29, 1.82) is 0 Å². The van der Waals surface area contributed by atoms with Gasteiger partial charge in [-0.05, 0) is 24.3 Å². The molecule has 3 aromatic heterocycles. The standard InChI is InChI=1S/C15H11N5O/c21-15(11-4-3-6-16-8-11)20-14-10-18-13(9-19-14)12-5-1-2-7-17-12/h1-10H,(H,19,20,21). The second kappa shape index (κ2) is 5.87. The average molecular weight is 277 g/mol. The Kier molecular flexibility index (Phi) is 3.60. The number of nitrogens with one attached hydrogen (secondary N) is 1. The van der Waals surface area contributed by atoms with Crippen LogP contribution in [-0.4, -0.2) is 25.8 Å². The lowest BCUT2D eigenvalue weighted by Crippen LogP contribution is -2.13. The number of hydrogen-bond donors (Lipinski definition) is 1. The number of anilines is 1. The lowest BCUT2D eigenvalue weighted by Gasteiger charge is -2.04. The van der Waals surface area contributed by atoms with Gasteiger partial charge in [0.25, 0.3) is 5.91 Å². The number of carbonyl (C=O) groups is 1. The second-order valence-corrected chi connectivity index (χ2v) is 4.20. The van der Waals surface area contributed by atoms with Crippen molar-refractivity contribution in [3.8, 4) is 11.4 Å². The van der Waals surface area contributed by atoms with Crippen LogP contribution in [0.15, 0.2) is 61.3 Å². The van der Waals surface area contributed by atoms with Crippen molar-refractivity contribution in [3.05, 3.63) is 66.9 Å². The third-order valence-electron chi connectivity index (χ3n) is 2.74. The van der Waals surface area contributed by atoms with Crippen LogP contribution in [0.1, 0.15) is 10.4 Å². The van der Waals surface area contributed by atoms with Crippen LogP contribution in [0, 0.1) is 0 Å². The molecular formula is C15H11N5O. The van der Waals surface area contributed by atoms with Crippen molar-refractivity contribution in [3.63, 3.8) is 0 Å². The number of pyridine rings is 2. The highest BCUT2D eigenvalue weighted by Crippen LogP contribution is 2.13. The van der Waals surface area contributed by atoms with Gasteiger partial charge in [0.15, 0.2) is 5.82 Å². The van der Waals surface area contributed by atoms with Gasteiger partial charge in [-0.15, -0.1) is 0 Å². The van der Waals surface area contributed by atoms with E-state index < -0.39 is 0 Å². The molecule has 0 aromatic carbocycles. The molecule has 0 aliphatic heterocycles. The van der Waals surface area contributed by atoms with Gasteiger partial charge >= 0.3 is 0 Å². The van der Waals surface area contributed by atoms with E-state index in [1.807, 2.05) is 18.2 Å². The summed E-state index contributed by atoms with van der Waals surface area (Å²) in [5.74, 6) is 0.103. The zero-order valence-corrected chi connectivity index (χ0v) is 11.0. The summed E-state index contributed by atoms with van der Waals surface area (Å²) >= 11 is 0. The molecule has 1 amide bonds. The molecule has 6 heteroatoms. The Morgan fingerprint density at radius 1 is 0.857 bits per heavy atom. The van der Waals surface area contributed by atoms with Gasteiger partial charge in [0.1, 0.15) is 5.69 Å². The van der Waals surface area contributed by atoms with Gasteiger partial charge in [-0.1, -0.05) is 6.07 Å². The fraction of sp³-hybridized carbons (Fsp3) is 0. The Balaban J connectivity index is 1.75. The second-order valence-electron chi connectivity index (χ2n) is 4.20. The Hall–Kier alpha value is -3.15. The summed E-state index contributed by atoms with van der Waals surface area (Å²) in [5.41, 5.74) is 1.85. The summed E-state index contributed by atoms with van der Waals surface area (Å²) in [6.45, 7) is 0. The minimum Gasteiger partial charge on any atom is -0.305 e. The molecule has 0 bridgehead atoms. The summed E-state index contributed by atoms with van der Waals surface area (Å²) in [7, 11) is 0. The third-order valence-corrected chi connectivity index (χ3v) is 2.74. The Bertz CT molecular complexity index is 729. The molecule has 1 N–H and O–H groups in total. The minimum atomic E-state index is -0.275. The molecule has 0 atom stereocenters. The average Bonchev–Trinajstić information content (AvgIpc) is 2.57. The summed E-state index contributed by atoms with van der Waals surface area (Å²) in [4.78, 5) is 28.4. The van der Waals surface area contributed by atoms with E-state index in [1.54, 1.807) is 30.7 Å². The molecule has 6 nitrogen and oxygen atoms in total.